The number of nitrogens with zero attached hydrogens (tertiary/aromatic N) is 2. The summed E-state index contributed by atoms with van der Waals surface area (Å²) in [5.41, 5.74) is 2.40. The smallest absolute Gasteiger partial charge is 0.243 e. The molecule has 224 valence electrons. The van der Waals surface area contributed by atoms with Gasteiger partial charge in [-0.25, -0.2) is 8.42 Å². The van der Waals surface area contributed by atoms with Crippen molar-refractivity contribution in [3.8, 4) is 5.75 Å². The summed E-state index contributed by atoms with van der Waals surface area (Å²) in [5, 5.41) is 3.21. The number of benzene rings is 3. The molecule has 3 aromatic carbocycles. The van der Waals surface area contributed by atoms with Gasteiger partial charge in [0.2, 0.25) is 21.8 Å². The van der Waals surface area contributed by atoms with E-state index in [1.807, 2.05) is 60.7 Å². The number of anilines is 1. The van der Waals surface area contributed by atoms with Gasteiger partial charge in [0.05, 0.1) is 19.1 Å². The van der Waals surface area contributed by atoms with E-state index in [1.165, 1.54) is 4.31 Å². The molecule has 8 nitrogen and oxygen atoms in total. The third kappa shape index (κ3) is 8.82. The maximum absolute atomic E-state index is 13.9. The number of carbonyl (C=O) groups excluding carboxylic acids is 2. The van der Waals surface area contributed by atoms with Crippen LogP contribution in [-0.2, 0) is 32.6 Å². The Labute approximate surface area is 249 Å². The minimum absolute atomic E-state index is 0.0943. The van der Waals surface area contributed by atoms with Gasteiger partial charge in [-0.3, -0.25) is 13.9 Å². The summed E-state index contributed by atoms with van der Waals surface area (Å²) >= 11 is 0. The van der Waals surface area contributed by atoms with Gasteiger partial charge in [-0.15, -0.1) is 0 Å². The Balaban J connectivity index is 1.55. The predicted octanol–water partition coefficient (Wildman–Crippen LogP) is 4.94. The van der Waals surface area contributed by atoms with Crippen molar-refractivity contribution in [2.75, 3.05) is 24.2 Å². The maximum atomic E-state index is 13.9. The van der Waals surface area contributed by atoms with Crippen LogP contribution in [0.1, 0.15) is 49.7 Å². The minimum atomic E-state index is -3.58. The van der Waals surface area contributed by atoms with Crippen LogP contribution in [-0.4, -0.2) is 57.1 Å². The van der Waals surface area contributed by atoms with Gasteiger partial charge in [0.1, 0.15) is 11.8 Å². The fourth-order valence-corrected chi connectivity index (χ4v) is 6.42. The molecule has 0 radical (unpaired) electrons. The van der Waals surface area contributed by atoms with Gasteiger partial charge >= 0.3 is 0 Å². The van der Waals surface area contributed by atoms with E-state index in [1.54, 1.807) is 36.3 Å². The SMILES string of the molecule is COc1ccc(N(CCCC(=O)N(Cc2ccccc2)[C@H](Cc2ccccc2)C(=O)NC2CCCC2)S(C)(=O)=O)cc1. The maximum Gasteiger partial charge on any atom is 0.243 e. The Morgan fingerprint density at radius 2 is 1.50 bits per heavy atom. The monoisotopic (exact) mass is 591 g/mol. The molecule has 3 aromatic rings. The van der Waals surface area contributed by atoms with Crippen molar-refractivity contribution in [1.82, 2.24) is 10.2 Å². The molecule has 0 heterocycles. The van der Waals surface area contributed by atoms with E-state index in [9.17, 15) is 18.0 Å². The summed E-state index contributed by atoms with van der Waals surface area (Å²) in [7, 11) is -2.03. The molecule has 0 bridgehead atoms. The van der Waals surface area contributed by atoms with E-state index in [2.05, 4.69) is 5.32 Å². The zero-order valence-corrected chi connectivity index (χ0v) is 25.3. The van der Waals surface area contributed by atoms with Gasteiger partial charge in [-0.1, -0.05) is 73.5 Å². The molecule has 9 heteroatoms. The van der Waals surface area contributed by atoms with Crippen LogP contribution in [0.25, 0.3) is 0 Å². The average molecular weight is 592 g/mol. The second-order valence-electron chi connectivity index (χ2n) is 10.8. The molecule has 1 N–H and O–H groups in total. The highest BCUT2D eigenvalue weighted by atomic mass is 32.2. The highest BCUT2D eigenvalue weighted by Gasteiger charge is 2.32. The zero-order valence-electron chi connectivity index (χ0n) is 24.4. The molecule has 1 fully saturated rings. The van der Waals surface area contributed by atoms with Crippen LogP contribution in [0.4, 0.5) is 5.69 Å². The largest absolute Gasteiger partial charge is 0.497 e. The zero-order chi connectivity index (χ0) is 30.0. The first-order chi connectivity index (χ1) is 20.2. The lowest BCUT2D eigenvalue weighted by Crippen LogP contribution is -2.52. The van der Waals surface area contributed by atoms with Gasteiger partial charge in [-0.2, -0.15) is 0 Å². The molecule has 0 aliphatic heterocycles. The second kappa shape index (κ2) is 14.9. The van der Waals surface area contributed by atoms with Crippen LogP contribution in [0.15, 0.2) is 84.9 Å². The summed E-state index contributed by atoms with van der Waals surface area (Å²) in [5.74, 6) is 0.287. The quantitative estimate of drug-likeness (QED) is 0.287. The first-order valence-corrected chi connectivity index (χ1v) is 16.4. The van der Waals surface area contributed by atoms with Crippen molar-refractivity contribution < 1.29 is 22.7 Å². The lowest BCUT2D eigenvalue weighted by Gasteiger charge is -2.33. The van der Waals surface area contributed by atoms with Gasteiger partial charge in [0.15, 0.2) is 0 Å². The Bertz CT molecular complexity index is 1390. The molecule has 0 saturated heterocycles. The number of sulfonamides is 1. The Morgan fingerprint density at radius 1 is 0.905 bits per heavy atom. The summed E-state index contributed by atoms with van der Waals surface area (Å²) in [6.07, 6.45) is 6.01. The molecule has 1 atom stereocenters. The number of ether oxygens (including phenoxy) is 1. The predicted molar refractivity (Wildman–Crippen MR) is 166 cm³/mol. The third-order valence-corrected chi connectivity index (χ3v) is 8.88. The molecule has 0 aromatic heterocycles. The number of methoxy groups -OCH3 is 1. The first kappa shape index (κ1) is 31.1. The van der Waals surface area contributed by atoms with Crippen LogP contribution < -0.4 is 14.4 Å². The second-order valence-corrected chi connectivity index (χ2v) is 12.7. The summed E-state index contributed by atoms with van der Waals surface area (Å²) in [4.78, 5) is 29.4. The molecule has 1 saturated carbocycles. The molecule has 0 spiro atoms. The third-order valence-electron chi connectivity index (χ3n) is 7.68. The van der Waals surface area contributed by atoms with E-state index in [-0.39, 0.29) is 37.4 Å². The summed E-state index contributed by atoms with van der Waals surface area (Å²) in [6.45, 7) is 0.414. The lowest BCUT2D eigenvalue weighted by molar-refractivity contribution is -0.141. The number of hydrogen-bond acceptors (Lipinski definition) is 5. The van der Waals surface area contributed by atoms with Crippen molar-refractivity contribution in [2.24, 2.45) is 0 Å². The molecule has 0 unspecified atom stereocenters. The summed E-state index contributed by atoms with van der Waals surface area (Å²) < 4.78 is 31.8. The highest BCUT2D eigenvalue weighted by Crippen LogP contribution is 2.23. The van der Waals surface area contributed by atoms with E-state index in [0.717, 1.165) is 43.1 Å². The fraction of sp³-hybridized carbons (Fsp3) is 0.394. The van der Waals surface area contributed by atoms with Crippen molar-refractivity contribution in [3.63, 3.8) is 0 Å². The van der Waals surface area contributed by atoms with Crippen molar-refractivity contribution in [3.05, 3.63) is 96.1 Å². The molecule has 42 heavy (non-hydrogen) atoms. The molecule has 1 aliphatic carbocycles. The summed E-state index contributed by atoms with van der Waals surface area (Å²) in [6, 6.07) is 25.6. The number of rotatable bonds is 14. The van der Waals surface area contributed by atoms with Crippen LogP contribution in [0.5, 0.6) is 5.75 Å². The van der Waals surface area contributed by atoms with Crippen LogP contribution in [0.3, 0.4) is 0 Å². The van der Waals surface area contributed by atoms with Crippen molar-refractivity contribution in [2.45, 2.75) is 63.6 Å². The van der Waals surface area contributed by atoms with Gasteiger partial charge in [0.25, 0.3) is 0 Å². The lowest BCUT2D eigenvalue weighted by atomic mass is 10.0. The standard InChI is InChI=1S/C33H41N3O5S/c1-41-30-21-19-29(20-22-30)36(42(2,39)40)23-11-18-32(37)35(25-27-14-7-4-8-15-27)31(24-26-12-5-3-6-13-26)33(38)34-28-16-9-10-17-28/h3-8,12-15,19-22,28,31H,9-11,16-18,23-25H2,1-2H3,(H,34,38)/t31-/m1/s1. The van der Waals surface area contributed by atoms with E-state index >= 15 is 0 Å². The van der Waals surface area contributed by atoms with E-state index in [4.69, 9.17) is 4.74 Å². The van der Waals surface area contributed by atoms with E-state index < -0.39 is 16.1 Å². The number of carbonyl (C=O) groups is 2. The molecule has 2 amide bonds. The normalized spacial score (nSPS) is 14.2. The Kier molecular flexibility index (Phi) is 11.0. The number of nitrogens with one attached hydrogen (secondary N) is 1. The molecular weight excluding hydrogens is 550 g/mol. The van der Waals surface area contributed by atoms with Crippen molar-refractivity contribution in [1.29, 1.82) is 0 Å². The molecular formula is C33H41N3O5S. The minimum Gasteiger partial charge on any atom is -0.497 e. The van der Waals surface area contributed by atoms with Crippen molar-refractivity contribution >= 4 is 27.5 Å². The molecule has 1 aliphatic rings. The van der Waals surface area contributed by atoms with Gasteiger partial charge in [-0.05, 0) is 54.7 Å². The Hall–Kier alpha value is -3.85. The van der Waals surface area contributed by atoms with Crippen LogP contribution in [0.2, 0.25) is 0 Å². The van der Waals surface area contributed by atoms with Crippen LogP contribution in [0, 0.1) is 0 Å². The van der Waals surface area contributed by atoms with Gasteiger partial charge in [0, 0.05) is 32.0 Å². The van der Waals surface area contributed by atoms with Crippen LogP contribution >= 0.6 is 0 Å². The fourth-order valence-electron chi connectivity index (χ4n) is 5.45. The van der Waals surface area contributed by atoms with E-state index in [0.29, 0.717) is 24.3 Å². The topological polar surface area (TPSA) is 96.0 Å². The average Bonchev–Trinajstić information content (AvgIpc) is 3.50. The highest BCUT2D eigenvalue weighted by molar-refractivity contribution is 7.92. The number of hydrogen-bond donors (Lipinski definition) is 1. The number of amides is 2. The molecule has 4 rings (SSSR count). The van der Waals surface area contributed by atoms with Gasteiger partial charge < -0.3 is 15.0 Å². The first-order valence-electron chi connectivity index (χ1n) is 14.5. The Morgan fingerprint density at radius 3 is 2.07 bits per heavy atom.